The molecule has 8 heteroatoms. The van der Waals surface area contributed by atoms with Gasteiger partial charge in [0, 0.05) is 6.54 Å². The molecule has 1 aromatic carbocycles. The largest absolute Gasteiger partial charge is 0.497 e. The Hall–Kier alpha value is -1.90. The zero-order valence-electron chi connectivity index (χ0n) is 13.0. The maximum atomic E-state index is 13.0. The van der Waals surface area contributed by atoms with Crippen molar-refractivity contribution < 1.29 is 23.1 Å². The summed E-state index contributed by atoms with van der Waals surface area (Å²) in [5.74, 6) is -0.556. The second-order valence-corrected chi connectivity index (χ2v) is 8.24. The summed E-state index contributed by atoms with van der Waals surface area (Å²) in [6.07, 6.45) is 1.42. The van der Waals surface area contributed by atoms with Crippen LogP contribution in [0.3, 0.4) is 0 Å². The molecule has 0 spiro atoms. The minimum absolute atomic E-state index is 0.130. The number of hydrogen-bond donors (Lipinski definition) is 1. The Morgan fingerprint density at radius 3 is 2.88 bits per heavy atom. The number of carboxylic acids is 1. The second-order valence-electron chi connectivity index (χ2n) is 5.47. The van der Waals surface area contributed by atoms with Gasteiger partial charge in [-0.05, 0) is 42.0 Å². The van der Waals surface area contributed by atoms with E-state index in [0.29, 0.717) is 18.7 Å². The average molecular weight is 367 g/mol. The van der Waals surface area contributed by atoms with Crippen LogP contribution < -0.4 is 4.74 Å². The van der Waals surface area contributed by atoms with Crippen molar-refractivity contribution in [1.82, 2.24) is 4.31 Å². The molecule has 128 valence electrons. The maximum absolute atomic E-state index is 13.0. The first kappa shape index (κ1) is 16.9. The van der Waals surface area contributed by atoms with E-state index in [1.165, 1.54) is 15.8 Å². The normalized spacial score (nSPS) is 18.6. The molecule has 1 aliphatic heterocycles. The minimum Gasteiger partial charge on any atom is -0.497 e. The van der Waals surface area contributed by atoms with Crippen molar-refractivity contribution in [3.63, 3.8) is 0 Å². The highest BCUT2D eigenvalue weighted by Crippen LogP contribution is 2.38. The van der Waals surface area contributed by atoms with E-state index in [4.69, 9.17) is 4.74 Å². The lowest BCUT2D eigenvalue weighted by atomic mass is 10.1. The zero-order chi connectivity index (χ0) is 17.3. The van der Waals surface area contributed by atoms with E-state index in [9.17, 15) is 18.3 Å². The topological polar surface area (TPSA) is 83.9 Å². The third kappa shape index (κ3) is 2.92. The van der Waals surface area contributed by atoms with E-state index >= 15 is 0 Å². The summed E-state index contributed by atoms with van der Waals surface area (Å²) in [6, 6.07) is 8.37. The SMILES string of the molecule is COc1cccc(C2CCCN2S(=O)(=O)c2ccsc2C(=O)O)c1. The number of thiophene rings is 1. The van der Waals surface area contributed by atoms with Crippen molar-refractivity contribution in [2.45, 2.75) is 23.8 Å². The van der Waals surface area contributed by atoms with Gasteiger partial charge in [0.25, 0.3) is 0 Å². The van der Waals surface area contributed by atoms with Gasteiger partial charge in [-0.1, -0.05) is 12.1 Å². The van der Waals surface area contributed by atoms with Crippen LogP contribution in [0.15, 0.2) is 40.6 Å². The predicted octanol–water partition coefficient (Wildman–Crippen LogP) is 2.98. The summed E-state index contributed by atoms with van der Waals surface area (Å²) in [4.78, 5) is 11.0. The van der Waals surface area contributed by atoms with Crippen molar-refractivity contribution >= 4 is 27.3 Å². The van der Waals surface area contributed by atoms with E-state index < -0.39 is 16.0 Å². The lowest BCUT2D eigenvalue weighted by molar-refractivity contribution is 0.0698. The first-order chi connectivity index (χ1) is 11.4. The van der Waals surface area contributed by atoms with Gasteiger partial charge in [0.05, 0.1) is 13.2 Å². The highest BCUT2D eigenvalue weighted by molar-refractivity contribution is 7.89. The summed E-state index contributed by atoms with van der Waals surface area (Å²) >= 11 is 0.921. The molecule has 1 saturated heterocycles. The fraction of sp³-hybridized carbons (Fsp3) is 0.312. The molecule has 2 aromatic rings. The molecule has 0 aliphatic carbocycles. The number of carbonyl (C=O) groups is 1. The Labute approximate surface area is 144 Å². The van der Waals surface area contributed by atoms with Crippen molar-refractivity contribution in [1.29, 1.82) is 0 Å². The Morgan fingerprint density at radius 1 is 1.38 bits per heavy atom. The number of hydrogen-bond acceptors (Lipinski definition) is 5. The highest BCUT2D eigenvalue weighted by atomic mass is 32.2. The third-order valence-corrected chi connectivity index (χ3v) is 7.07. The lowest BCUT2D eigenvalue weighted by Gasteiger charge is -2.24. The van der Waals surface area contributed by atoms with Gasteiger partial charge in [0.1, 0.15) is 15.5 Å². The van der Waals surface area contributed by atoms with E-state index in [2.05, 4.69) is 0 Å². The molecule has 6 nitrogen and oxygen atoms in total. The summed E-state index contributed by atoms with van der Waals surface area (Å²) < 4.78 is 32.6. The molecule has 0 amide bonds. The van der Waals surface area contributed by atoms with Crippen LogP contribution >= 0.6 is 11.3 Å². The Bertz CT molecular complexity index is 859. The van der Waals surface area contributed by atoms with Crippen LogP contribution in [0.2, 0.25) is 0 Å². The van der Waals surface area contributed by atoms with Crippen LogP contribution in [-0.2, 0) is 10.0 Å². The molecule has 2 heterocycles. The van der Waals surface area contributed by atoms with E-state index in [1.54, 1.807) is 13.2 Å². The first-order valence-corrected chi connectivity index (χ1v) is 9.73. The van der Waals surface area contributed by atoms with Crippen LogP contribution in [-0.4, -0.2) is 37.5 Å². The average Bonchev–Trinajstić information content (AvgIpc) is 3.24. The molecular weight excluding hydrogens is 350 g/mol. The summed E-state index contributed by atoms with van der Waals surface area (Å²) in [5.41, 5.74) is 0.850. The molecule has 3 rings (SSSR count). The van der Waals surface area contributed by atoms with E-state index in [-0.39, 0.29) is 15.8 Å². The lowest BCUT2D eigenvalue weighted by Crippen LogP contribution is -2.31. The van der Waals surface area contributed by atoms with Gasteiger partial charge in [-0.25, -0.2) is 13.2 Å². The third-order valence-electron chi connectivity index (χ3n) is 4.09. The smallest absolute Gasteiger partial charge is 0.347 e. The number of benzene rings is 1. The summed E-state index contributed by atoms with van der Waals surface area (Å²) in [7, 11) is -2.30. The predicted molar refractivity (Wildman–Crippen MR) is 90.1 cm³/mol. The number of aromatic carboxylic acids is 1. The van der Waals surface area contributed by atoms with Crippen LogP contribution in [0.25, 0.3) is 0 Å². The number of nitrogens with zero attached hydrogens (tertiary/aromatic N) is 1. The first-order valence-electron chi connectivity index (χ1n) is 7.41. The molecule has 1 N–H and O–H groups in total. The van der Waals surface area contributed by atoms with Crippen LogP contribution in [0.1, 0.15) is 34.1 Å². The number of ether oxygens (including phenoxy) is 1. The van der Waals surface area contributed by atoms with Gasteiger partial charge in [-0.15, -0.1) is 11.3 Å². The van der Waals surface area contributed by atoms with Crippen LogP contribution in [0.4, 0.5) is 0 Å². The Morgan fingerprint density at radius 2 is 2.17 bits per heavy atom. The Kier molecular flexibility index (Phi) is 4.62. The number of sulfonamides is 1. The number of carboxylic acid groups (broad SMARTS) is 1. The Balaban J connectivity index is 2.00. The molecule has 1 atom stereocenters. The van der Waals surface area contributed by atoms with E-state index in [0.717, 1.165) is 23.3 Å². The fourth-order valence-corrected chi connectivity index (χ4v) is 5.91. The molecule has 1 aromatic heterocycles. The minimum atomic E-state index is -3.87. The number of rotatable bonds is 5. The number of methoxy groups -OCH3 is 1. The zero-order valence-corrected chi connectivity index (χ0v) is 14.6. The molecule has 1 unspecified atom stereocenters. The fourth-order valence-electron chi connectivity index (χ4n) is 2.99. The second kappa shape index (κ2) is 6.54. The van der Waals surface area contributed by atoms with Gasteiger partial charge in [0.15, 0.2) is 0 Å². The van der Waals surface area contributed by atoms with Crippen molar-refractivity contribution in [3.8, 4) is 5.75 Å². The molecular formula is C16H17NO5S2. The van der Waals surface area contributed by atoms with Gasteiger partial charge in [-0.2, -0.15) is 4.31 Å². The summed E-state index contributed by atoms with van der Waals surface area (Å²) in [6.45, 7) is 0.374. The molecule has 0 saturated carbocycles. The summed E-state index contributed by atoms with van der Waals surface area (Å²) in [5, 5.41) is 10.7. The maximum Gasteiger partial charge on any atom is 0.347 e. The van der Waals surface area contributed by atoms with E-state index in [1.807, 2.05) is 18.2 Å². The van der Waals surface area contributed by atoms with Crippen molar-refractivity contribution in [2.24, 2.45) is 0 Å². The highest BCUT2D eigenvalue weighted by Gasteiger charge is 2.38. The molecule has 0 radical (unpaired) electrons. The molecule has 24 heavy (non-hydrogen) atoms. The van der Waals surface area contributed by atoms with Crippen LogP contribution in [0, 0.1) is 0 Å². The van der Waals surface area contributed by atoms with Gasteiger partial charge in [0.2, 0.25) is 10.0 Å². The van der Waals surface area contributed by atoms with Crippen molar-refractivity contribution in [2.75, 3.05) is 13.7 Å². The monoisotopic (exact) mass is 367 g/mol. The quantitative estimate of drug-likeness (QED) is 0.878. The van der Waals surface area contributed by atoms with Crippen LogP contribution in [0.5, 0.6) is 5.75 Å². The van der Waals surface area contributed by atoms with Crippen molar-refractivity contribution in [3.05, 3.63) is 46.2 Å². The van der Waals surface area contributed by atoms with Gasteiger partial charge >= 0.3 is 5.97 Å². The van der Waals surface area contributed by atoms with Gasteiger partial charge in [-0.3, -0.25) is 0 Å². The standard InChI is InChI=1S/C16H17NO5S2/c1-22-12-5-2-4-11(10-12)13-6-3-8-17(13)24(20,21)14-7-9-23-15(14)16(18)19/h2,4-5,7,9-10,13H,3,6,8H2,1H3,(H,18,19). The molecule has 0 bridgehead atoms. The van der Waals surface area contributed by atoms with Gasteiger partial charge < -0.3 is 9.84 Å². The molecule has 1 fully saturated rings. The molecule has 1 aliphatic rings.